The number of rotatable bonds is 2. The Balaban J connectivity index is 1.97. The van der Waals surface area contributed by atoms with Crippen LogP contribution in [0.2, 0.25) is 0 Å². The molecule has 1 aromatic rings. The molecule has 18 heavy (non-hydrogen) atoms. The van der Waals surface area contributed by atoms with Crippen molar-refractivity contribution in [2.24, 2.45) is 4.99 Å². The molecule has 1 aromatic carbocycles. The molecular formula is C14H15NO2S. The second kappa shape index (κ2) is 4.76. The number of aliphatic imine (C=N–C) groups is 1. The highest BCUT2D eigenvalue weighted by molar-refractivity contribution is 8.01. The molecular weight excluding hydrogens is 246 g/mol. The molecule has 0 N–H and O–H groups in total. The zero-order valence-electron chi connectivity index (χ0n) is 10.3. The Bertz CT molecular complexity index is 525. The van der Waals surface area contributed by atoms with Gasteiger partial charge in [0, 0.05) is 11.3 Å². The van der Waals surface area contributed by atoms with Crippen LogP contribution in [0.4, 0.5) is 5.69 Å². The van der Waals surface area contributed by atoms with Crippen molar-refractivity contribution in [3.63, 3.8) is 0 Å². The Labute approximate surface area is 111 Å². The van der Waals surface area contributed by atoms with Crippen LogP contribution in [0.15, 0.2) is 28.1 Å². The summed E-state index contributed by atoms with van der Waals surface area (Å²) in [6, 6.07) is 5.89. The van der Waals surface area contributed by atoms with Gasteiger partial charge >= 0.3 is 0 Å². The average molecular weight is 261 g/mol. The van der Waals surface area contributed by atoms with Crippen molar-refractivity contribution in [1.29, 1.82) is 0 Å². The number of nitrogens with zero attached hydrogens (tertiary/aromatic N) is 1. The van der Waals surface area contributed by atoms with Gasteiger partial charge < -0.3 is 4.74 Å². The minimum Gasteiger partial charge on any atom is -0.494 e. The Kier molecular flexibility index (Phi) is 3.12. The highest BCUT2D eigenvalue weighted by atomic mass is 32.2. The van der Waals surface area contributed by atoms with Crippen molar-refractivity contribution < 1.29 is 9.53 Å². The molecule has 3 rings (SSSR count). The van der Waals surface area contributed by atoms with E-state index in [1.165, 1.54) is 0 Å². The molecule has 1 heterocycles. The maximum atomic E-state index is 11.8. The summed E-state index contributed by atoms with van der Waals surface area (Å²) in [6.07, 6.45) is 2.69. The number of ketones is 1. The molecule has 3 nitrogen and oxygen atoms in total. The van der Waals surface area contributed by atoms with Gasteiger partial charge in [0.1, 0.15) is 5.75 Å². The van der Waals surface area contributed by atoms with Gasteiger partial charge in [-0.3, -0.25) is 4.79 Å². The van der Waals surface area contributed by atoms with Crippen molar-refractivity contribution in [1.82, 2.24) is 0 Å². The number of carbonyl (C=O) groups excluding carboxylic acids is 1. The summed E-state index contributed by atoms with van der Waals surface area (Å²) < 4.78 is 5.50. The Morgan fingerprint density at radius 3 is 3.22 bits per heavy atom. The second-order valence-corrected chi connectivity index (χ2v) is 5.73. The summed E-state index contributed by atoms with van der Waals surface area (Å²) in [7, 11) is 0. The van der Waals surface area contributed by atoms with Gasteiger partial charge in [-0.25, -0.2) is 4.99 Å². The topological polar surface area (TPSA) is 38.7 Å². The molecule has 1 fully saturated rings. The largest absolute Gasteiger partial charge is 0.494 e. The first-order valence-corrected chi connectivity index (χ1v) is 7.21. The maximum Gasteiger partial charge on any atom is 0.178 e. The summed E-state index contributed by atoms with van der Waals surface area (Å²) in [5, 5.41) is 0.246. The molecule has 0 saturated heterocycles. The minimum absolute atomic E-state index is 0.221. The van der Waals surface area contributed by atoms with Gasteiger partial charge in [0.05, 0.1) is 23.3 Å². The molecule has 0 radical (unpaired) electrons. The fourth-order valence-electron chi connectivity index (χ4n) is 2.36. The SMILES string of the molecule is CCOc1ccc2c(c1)SC1CCCC(=O)C1=N2. The first-order chi connectivity index (χ1) is 8.78. The van der Waals surface area contributed by atoms with Crippen LogP contribution >= 0.6 is 11.8 Å². The van der Waals surface area contributed by atoms with E-state index in [1.54, 1.807) is 11.8 Å². The lowest BCUT2D eigenvalue weighted by Crippen LogP contribution is -2.32. The van der Waals surface area contributed by atoms with Crippen molar-refractivity contribution in [2.45, 2.75) is 36.3 Å². The number of ether oxygens (including phenoxy) is 1. The molecule has 1 aliphatic heterocycles. The number of thioether (sulfide) groups is 1. The van der Waals surface area contributed by atoms with Crippen molar-refractivity contribution >= 4 is 28.9 Å². The lowest BCUT2D eigenvalue weighted by atomic mass is 9.96. The highest BCUT2D eigenvalue weighted by Gasteiger charge is 2.31. The monoisotopic (exact) mass is 261 g/mol. The van der Waals surface area contributed by atoms with E-state index in [0.717, 1.165) is 34.9 Å². The fraction of sp³-hybridized carbons (Fsp3) is 0.429. The smallest absolute Gasteiger partial charge is 0.178 e. The summed E-state index contributed by atoms with van der Waals surface area (Å²) in [5.74, 6) is 1.10. The Hall–Kier alpha value is -1.29. The Morgan fingerprint density at radius 2 is 2.39 bits per heavy atom. The van der Waals surface area contributed by atoms with Crippen LogP contribution in [0, 0.1) is 0 Å². The van der Waals surface area contributed by atoms with Gasteiger partial charge in [0.2, 0.25) is 0 Å². The fourth-order valence-corrected chi connectivity index (χ4v) is 3.67. The molecule has 1 saturated carbocycles. The van der Waals surface area contributed by atoms with Gasteiger partial charge in [-0.05, 0) is 38.0 Å². The van der Waals surface area contributed by atoms with E-state index < -0.39 is 0 Å². The van der Waals surface area contributed by atoms with Gasteiger partial charge in [0.25, 0.3) is 0 Å². The predicted molar refractivity (Wildman–Crippen MR) is 73.2 cm³/mol. The van der Waals surface area contributed by atoms with E-state index in [2.05, 4.69) is 4.99 Å². The van der Waals surface area contributed by atoms with E-state index in [0.29, 0.717) is 13.0 Å². The third-order valence-electron chi connectivity index (χ3n) is 3.21. The third-order valence-corrected chi connectivity index (χ3v) is 4.54. The van der Waals surface area contributed by atoms with Gasteiger partial charge in [-0.2, -0.15) is 0 Å². The number of hydrogen-bond acceptors (Lipinski definition) is 4. The number of hydrogen-bond donors (Lipinski definition) is 0. The zero-order valence-corrected chi connectivity index (χ0v) is 11.1. The molecule has 1 unspecified atom stereocenters. The molecule has 0 bridgehead atoms. The number of Topliss-reactive ketones (excluding diaryl/α,β-unsaturated/α-hetero) is 1. The average Bonchev–Trinajstić information content (AvgIpc) is 2.38. The quantitative estimate of drug-likeness (QED) is 0.819. The molecule has 2 aliphatic rings. The van der Waals surface area contributed by atoms with E-state index in [4.69, 9.17) is 4.74 Å². The standard InChI is InChI=1S/C14H15NO2S/c1-2-17-9-6-7-10-13(8-9)18-12-5-3-4-11(16)14(12)15-10/h6-8,12H,2-5H2,1H3. The normalized spacial score (nSPS) is 21.9. The van der Waals surface area contributed by atoms with Crippen LogP contribution in [-0.2, 0) is 4.79 Å². The van der Waals surface area contributed by atoms with Crippen molar-refractivity contribution in [3.05, 3.63) is 18.2 Å². The molecule has 94 valence electrons. The summed E-state index contributed by atoms with van der Waals surface area (Å²) in [4.78, 5) is 17.5. The van der Waals surface area contributed by atoms with Gasteiger partial charge in [-0.15, -0.1) is 11.8 Å². The lowest BCUT2D eigenvalue weighted by molar-refractivity contribution is -0.113. The van der Waals surface area contributed by atoms with Gasteiger partial charge in [0.15, 0.2) is 5.78 Å². The van der Waals surface area contributed by atoms with Crippen LogP contribution < -0.4 is 4.74 Å². The van der Waals surface area contributed by atoms with Crippen molar-refractivity contribution in [3.8, 4) is 5.75 Å². The first kappa shape index (κ1) is 11.8. The molecule has 4 heteroatoms. The second-order valence-electron chi connectivity index (χ2n) is 4.48. The number of benzene rings is 1. The summed E-state index contributed by atoms with van der Waals surface area (Å²) in [5.41, 5.74) is 1.67. The first-order valence-electron chi connectivity index (χ1n) is 6.33. The van der Waals surface area contributed by atoms with E-state index in [1.807, 2.05) is 25.1 Å². The van der Waals surface area contributed by atoms with Crippen LogP contribution in [0.1, 0.15) is 26.2 Å². The highest BCUT2D eigenvalue weighted by Crippen LogP contribution is 2.43. The molecule has 0 spiro atoms. The maximum absolute atomic E-state index is 11.8. The summed E-state index contributed by atoms with van der Waals surface area (Å²) >= 11 is 1.75. The van der Waals surface area contributed by atoms with E-state index in [-0.39, 0.29) is 11.0 Å². The number of carbonyl (C=O) groups is 1. The van der Waals surface area contributed by atoms with Crippen LogP contribution in [0.3, 0.4) is 0 Å². The third kappa shape index (κ3) is 2.05. The number of fused-ring (bicyclic) bond motifs is 2. The van der Waals surface area contributed by atoms with Gasteiger partial charge in [-0.1, -0.05) is 0 Å². The predicted octanol–water partition coefficient (Wildman–Crippen LogP) is 3.39. The molecule has 1 aliphatic carbocycles. The van der Waals surface area contributed by atoms with E-state index >= 15 is 0 Å². The van der Waals surface area contributed by atoms with Crippen LogP contribution in [0.25, 0.3) is 0 Å². The minimum atomic E-state index is 0.221. The van der Waals surface area contributed by atoms with E-state index in [9.17, 15) is 4.79 Å². The van der Waals surface area contributed by atoms with Crippen LogP contribution in [0.5, 0.6) is 5.75 Å². The molecule has 0 amide bonds. The zero-order chi connectivity index (χ0) is 12.5. The Morgan fingerprint density at radius 1 is 1.50 bits per heavy atom. The lowest BCUT2D eigenvalue weighted by Gasteiger charge is -2.27. The molecule has 1 atom stereocenters. The van der Waals surface area contributed by atoms with Crippen molar-refractivity contribution in [2.75, 3.05) is 6.61 Å². The van der Waals surface area contributed by atoms with Crippen LogP contribution in [-0.4, -0.2) is 23.4 Å². The molecule has 0 aromatic heterocycles. The summed E-state index contributed by atoms with van der Waals surface area (Å²) in [6.45, 7) is 2.64.